The number of fused-ring (bicyclic) bond motifs is 4. The lowest BCUT2D eigenvalue weighted by Gasteiger charge is -2.19. The number of hydrazine groups is 1. The number of carbonyl (C=O) groups is 5. The van der Waals surface area contributed by atoms with Gasteiger partial charge in [-0.3, -0.25) is 19.6 Å². The van der Waals surface area contributed by atoms with Crippen LogP contribution in [0.15, 0.2) is 79.0 Å². The minimum atomic E-state index is -1.80. The maximum absolute atomic E-state index is 13.2. The third kappa shape index (κ3) is 6.80. The van der Waals surface area contributed by atoms with Crippen LogP contribution >= 0.6 is 0 Å². The number of ether oxygens (including phenoxy) is 2. The van der Waals surface area contributed by atoms with Gasteiger partial charge in [0, 0.05) is 23.9 Å². The first kappa shape index (κ1) is 30.8. The monoisotopic (exact) mass is 612 g/mol. The molecule has 1 unspecified atom stereocenters. The largest absolute Gasteiger partial charge is 0.474 e. The minimum Gasteiger partial charge on any atom is -0.474 e. The highest BCUT2D eigenvalue weighted by molar-refractivity contribution is 6.32. The SMILES string of the molecule is CC(C)(C)OC(=O)n1cc(CC(NC(=O)C(=O)O)C(=O)NNC(=O)OCC2c3ccccc3-c3ccccc32)c2ccccc21. The van der Waals surface area contributed by atoms with E-state index < -0.39 is 41.6 Å². The summed E-state index contributed by atoms with van der Waals surface area (Å²) in [6.07, 6.45) is -0.356. The second-order valence-electron chi connectivity index (χ2n) is 11.5. The lowest BCUT2D eigenvalue weighted by molar-refractivity contribution is -0.151. The van der Waals surface area contributed by atoms with Gasteiger partial charge in [-0.1, -0.05) is 66.7 Å². The fourth-order valence-corrected chi connectivity index (χ4v) is 5.36. The molecule has 0 aliphatic heterocycles. The first-order valence-corrected chi connectivity index (χ1v) is 14.2. The molecule has 45 heavy (non-hydrogen) atoms. The smallest absolute Gasteiger partial charge is 0.426 e. The lowest BCUT2D eigenvalue weighted by Crippen LogP contribution is -2.54. The number of aromatic nitrogens is 1. The van der Waals surface area contributed by atoms with E-state index in [1.54, 1.807) is 45.0 Å². The Hall–Kier alpha value is -5.65. The van der Waals surface area contributed by atoms with E-state index in [4.69, 9.17) is 14.6 Å². The molecule has 1 atom stereocenters. The number of hydrogen-bond donors (Lipinski definition) is 4. The van der Waals surface area contributed by atoms with Crippen LogP contribution in [0, 0.1) is 0 Å². The normalized spacial score (nSPS) is 12.9. The van der Waals surface area contributed by atoms with Gasteiger partial charge in [-0.15, -0.1) is 0 Å². The highest BCUT2D eigenvalue weighted by Crippen LogP contribution is 2.44. The van der Waals surface area contributed by atoms with Crippen molar-refractivity contribution in [3.05, 3.63) is 95.7 Å². The Morgan fingerprint density at radius 3 is 2.09 bits per heavy atom. The summed E-state index contributed by atoms with van der Waals surface area (Å²) in [7, 11) is 0. The molecular formula is C33H32N4O8. The molecule has 4 N–H and O–H groups in total. The average Bonchev–Trinajstić information content (AvgIpc) is 3.53. The van der Waals surface area contributed by atoms with E-state index in [9.17, 15) is 24.0 Å². The summed E-state index contributed by atoms with van der Waals surface area (Å²) < 4.78 is 12.2. The molecule has 3 amide bonds. The van der Waals surface area contributed by atoms with Crippen molar-refractivity contribution in [2.24, 2.45) is 0 Å². The van der Waals surface area contributed by atoms with Crippen LogP contribution in [-0.2, 0) is 30.3 Å². The van der Waals surface area contributed by atoms with Gasteiger partial charge in [0.05, 0.1) is 5.52 Å². The molecule has 0 fully saturated rings. The van der Waals surface area contributed by atoms with Gasteiger partial charge in [-0.05, 0) is 54.7 Å². The van der Waals surface area contributed by atoms with Crippen molar-refractivity contribution in [3.8, 4) is 11.1 Å². The van der Waals surface area contributed by atoms with Crippen LogP contribution in [0.4, 0.5) is 9.59 Å². The van der Waals surface area contributed by atoms with Crippen molar-refractivity contribution in [1.29, 1.82) is 0 Å². The van der Waals surface area contributed by atoms with Crippen LogP contribution in [0.25, 0.3) is 22.0 Å². The summed E-state index contributed by atoms with van der Waals surface area (Å²) in [4.78, 5) is 62.1. The molecular weight excluding hydrogens is 580 g/mol. The molecule has 12 heteroatoms. The highest BCUT2D eigenvalue weighted by atomic mass is 16.6. The number of carboxylic acids is 1. The molecule has 1 heterocycles. The second kappa shape index (κ2) is 12.5. The number of para-hydroxylation sites is 1. The van der Waals surface area contributed by atoms with Crippen LogP contribution in [0.3, 0.4) is 0 Å². The van der Waals surface area contributed by atoms with Crippen LogP contribution in [0.2, 0.25) is 0 Å². The highest BCUT2D eigenvalue weighted by Gasteiger charge is 2.30. The Morgan fingerprint density at radius 1 is 0.867 bits per heavy atom. The van der Waals surface area contributed by atoms with Crippen LogP contribution < -0.4 is 16.2 Å². The molecule has 0 saturated heterocycles. The predicted octanol–water partition coefficient (Wildman–Crippen LogP) is 4.11. The number of nitrogens with zero attached hydrogens (tertiary/aromatic N) is 1. The summed E-state index contributed by atoms with van der Waals surface area (Å²) in [6.45, 7) is 5.17. The van der Waals surface area contributed by atoms with Crippen molar-refractivity contribution in [2.45, 2.75) is 44.8 Å². The summed E-state index contributed by atoms with van der Waals surface area (Å²) in [5.41, 5.74) is 8.67. The lowest BCUT2D eigenvalue weighted by atomic mass is 9.98. The van der Waals surface area contributed by atoms with E-state index in [1.165, 1.54) is 10.8 Å². The fraction of sp³-hybridized carbons (Fsp3) is 0.242. The van der Waals surface area contributed by atoms with Gasteiger partial charge in [0.1, 0.15) is 18.2 Å². The number of benzene rings is 3. The topological polar surface area (TPSA) is 165 Å². The Balaban J connectivity index is 1.28. The molecule has 0 bridgehead atoms. The molecule has 4 aromatic rings. The first-order valence-electron chi connectivity index (χ1n) is 14.2. The maximum Gasteiger partial charge on any atom is 0.426 e. The third-order valence-corrected chi connectivity index (χ3v) is 7.26. The molecule has 1 aliphatic carbocycles. The number of carboxylic acid groups (broad SMARTS) is 1. The summed E-state index contributed by atoms with van der Waals surface area (Å²) in [5.74, 6) is -4.34. The number of rotatable bonds is 6. The van der Waals surface area contributed by atoms with Crippen molar-refractivity contribution < 1.29 is 38.6 Å². The number of aliphatic carboxylic acids is 1. The van der Waals surface area contributed by atoms with Crippen LogP contribution in [0.1, 0.15) is 43.4 Å². The number of amides is 3. The number of hydrogen-bond acceptors (Lipinski definition) is 7. The maximum atomic E-state index is 13.2. The Kier molecular flexibility index (Phi) is 8.57. The Labute approximate surface area is 258 Å². The molecule has 1 aliphatic rings. The van der Waals surface area contributed by atoms with E-state index in [-0.39, 0.29) is 18.9 Å². The summed E-state index contributed by atoms with van der Waals surface area (Å²) >= 11 is 0. The van der Waals surface area contributed by atoms with Crippen LogP contribution in [0.5, 0.6) is 0 Å². The summed E-state index contributed by atoms with van der Waals surface area (Å²) in [6, 6.07) is 21.1. The van der Waals surface area contributed by atoms with E-state index in [1.807, 2.05) is 48.5 Å². The zero-order valence-corrected chi connectivity index (χ0v) is 24.8. The number of carbonyl (C=O) groups excluding carboxylic acids is 4. The molecule has 3 aromatic carbocycles. The molecule has 232 valence electrons. The Morgan fingerprint density at radius 2 is 1.47 bits per heavy atom. The van der Waals surface area contributed by atoms with E-state index in [2.05, 4.69) is 16.2 Å². The van der Waals surface area contributed by atoms with Crippen molar-refractivity contribution in [2.75, 3.05) is 6.61 Å². The number of nitrogens with one attached hydrogen (secondary N) is 3. The molecule has 5 rings (SSSR count). The van der Waals surface area contributed by atoms with Crippen molar-refractivity contribution >= 4 is 40.9 Å². The Bertz CT molecular complexity index is 1760. The molecule has 0 saturated carbocycles. The van der Waals surface area contributed by atoms with E-state index >= 15 is 0 Å². The summed E-state index contributed by atoms with van der Waals surface area (Å²) in [5, 5.41) is 11.9. The predicted molar refractivity (Wildman–Crippen MR) is 163 cm³/mol. The fourth-order valence-electron chi connectivity index (χ4n) is 5.36. The third-order valence-electron chi connectivity index (χ3n) is 7.26. The molecule has 0 spiro atoms. The van der Waals surface area contributed by atoms with E-state index in [0.717, 1.165) is 22.3 Å². The molecule has 1 aromatic heterocycles. The molecule has 0 radical (unpaired) electrons. The average molecular weight is 613 g/mol. The van der Waals surface area contributed by atoms with Gasteiger partial charge in [0.2, 0.25) is 0 Å². The second-order valence-corrected chi connectivity index (χ2v) is 11.5. The minimum absolute atomic E-state index is 0.000914. The van der Waals surface area contributed by atoms with Crippen molar-refractivity contribution in [1.82, 2.24) is 20.7 Å². The van der Waals surface area contributed by atoms with Gasteiger partial charge < -0.3 is 19.9 Å². The first-order chi connectivity index (χ1) is 21.4. The van der Waals surface area contributed by atoms with Gasteiger partial charge in [0.25, 0.3) is 5.91 Å². The van der Waals surface area contributed by atoms with Gasteiger partial charge in [-0.2, -0.15) is 0 Å². The molecule has 12 nitrogen and oxygen atoms in total. The van der Waals surface area contributed by atoms with Crippen molar-refractivity contribution in [3.63, 3.8) is 0 Å². The van der Waals surface area contributed by atoms with Crippen LogP contribution in [-0.4, -0.2) is 57.9 Å². The van der Waals surface area contributed by atoms with E-state index in [0.29, 0.717) is 16.5 Å². The standard InChI is InChI=1S/C33H32N4O8/c1-33(2,3)45-32(43)37-17-19(20-10-8-9-15-27(20)37)16-26(34-29(39)30(40)41)28(38)35-36-31(42)44-18-25-23-13-6-4-11-21(23)22-12-5-7-14-24(22)25/h4-15,17,25-26H,16,18H2,1-3H3,(H,34,39)(H,35,38)(H,36,42)(H,40,41). The van der Waals surface area contributed by atoms with Gasteiger partial charge in [0.15, 0.2) is 0 Å². The quantitative estimate of drug-likeness (QED) is 0.187. The van der Waals surface area contributed by atoms with Gasteiger partial charge >= 0.3 is 24.1 Å². The zero-order chi connectivity index (χ0) is 32.3. The van der Waals surface area contributed by atoms with Gasteiger partial charge in [-0.25, -0.2) is 19.8 Å². The zero-order valence-electron chi connectivity index (χ0n) is 24.8.